The van der Waals surface area contributed by atoms with Crippen molar-refractivity contribution in [3.05, 3.63) is 28.8 Å². The molecule has 0 aliphatic carbocycles. The highest BCUT2D eigenvalue weighted by atomic mass is 35.5. The lowest BCUT2D eigenvalue weighted by Crippen LogP contribution is -2.36. The van der Waals surface area contributed by atoms with Crippen molar-refractivity contribution in [2.75, 3.05) is 25.2 Å². The highest BCUT2D eigenvalue weighted by Crippen LogP contribution is 2.32. The molecule has 0 amide bonds. The smallest absolute Gasteiger partial charge is 0.0642 e. The lowest BCUT2D eigenvalue weighted by Gasteiger charge is -2.33. The minimum Gasteiger partial charge on any atom is -0.383 e. The molecule has 0 aliphatic heterocycles. The second-order valence-corrected chi connectivity index (χ2v) is 5.00. The normalized spacial score (nSPS) is 12.5. The molecule has 0 N–H and O–H groups in total. The van der Waals surface area contributed by atoms with Crippen LogP contribution in [0.3, 0.4) is 0 Å². The zero-order chi connectivity index (χ0) is 13.5. The predicted octanol–water partition coefficient (Wildman–Crippen LogP) is 4.33. The van der Waals surface area contributed by atoms with Crippen LogP contribution in [-0.2, 0) is 10.6 Å². The number of para-hydroxylation sites is 1. The molecule has 4 heteroatoms. The molecule has 0 aromatic heterocycles. The first-order chi connectivity index (χ1) is 8.65. The van der Waals surface area contributed by atoms with E-state index in [4.69, 9.17) is 27.9 Å². The van der Waals surface area contributed by atoms with Crippen molar-refractivity contribution in [1.82, 2.24) is 0 Å². The number of benzene rings is 1. The molecule has 0 heterocycles. The molecule has 0 bridgehead atoms. The second kappa shape index (κ2) is 7.88. The van der Waals surface area contributed by atoms with Gasteiger partial charge < -0.3 is 9.64 Å². The molecule has 1 rings (SSSR count). The highest BCUT2D eigenvalue weighted by Gasteiger charge is 2.18. The molecule has 0 radical (unpaired) electrons. The van der Waals surface area contributed by atoms with Crippen LogP contribution >= 0.6 is 23.2 Å². The third-order valence-corrected chi connectivity index (χ3v) is 3.75. The van der Waals surface area contributed by atoms with E-state index in [1.165, 1.54) is 0 Å². The summed E-state index contributed by atoms with van der Waals surface area (Å²) in [5, 5.41) is 0.754. The van der Waals surface area contributed by atoms with Crippen LogP contribution < -0.4 is 4.90 Å². The van der Waals surface area contributed by atoms with Gasteiger partial charge in [-0.05, 0) is 25.0 Å². The molecule has 1 unspecified atom stereocenters. The predicted molar refractivity (Wildman–Crippen MR) is 80.0 cm³/mol. The van der Waals surface area contributed by atoms with E-state index < -0.39 is 0 Å². The number of alkyl halides is 1. The van der Waals surface area contributed by atoms with Crippen molar-refractivity contribution in [3.8, 4) is 0 Å². The first-order valence-electron chi connectivity index (χ1n) is 6.24. The molecule has 0 aliphatic rings. The number of nitrogens with zero attached hydrogens (tertiary/aromatic N) is 1. The summed E-state index contributed by atoms with van der Waals surface area (Å²) in [6, 6.07) is 6.28. The molecule has 0 fully saturated rings. The minimum atomic E-state index is 0.405. The van der Waals surface area contributed by atoms with Crippen LogP contribution in [0.4, 0.5) is 5.69 Å². The molecule has 1 aromatic carbocycles. The van der Waals surface area contributed by atoms with Crippen LogP contribution in [0.15, 0.2) is 18.2 Å². The van der Waals surface area contributed by atoms with E-state index in [0.29, 0.717) is 18.5 Å². The SMILES string of the molecule is CCC(C)N(CCOC)c1c(Cl)cccc1CCl. The summed E-state index contributed by atoms with van der Waals surface area (Å²) in [5.41, 5.74) is 2.11. The monoisotopic (exact) mass is 289 g/mol. The van der Waals surface area contributed by atoms with Gasteiger partial charge in [-0.1, -0.05) is 30.7 Å². The Labute approximate surface area is 120 Å². The van der Waals surface area contributed by atoms with Gasteiger partial charge in [0.05, 0.1) is 17.3 Å². The summed E-state index contributed by atoms with van der Waals surface area (Å²) in [4.78, 5) is 2.28. The average molecular weight is 290 g/mol. The molecule has 102 valence electrons. The Bertz CT molecular complexity index is 371. The summed E-state index contributed by atoms with van der Waals surface area (Å²) in [5.74, 6) is 0.468. The van der Waals surface area contributed by atoms with Crippen molar-refractivity contribution in [3.63, 3.8) is 0 Å². The van der Waals surface area contributed by atoms with E-state index in [1.807, 2.05) is 18.2 Å². The van der Waals surface area contributed by atoms with Crippen LogP contribution in [0.1, 0.15) is 25.8 Å². The van der Waals surface area contributed by atoms with Gasteiger partial charge in [0, 0.05) is 25.6 Å². The third kappa shape index (κ3) is 3.78. The zero-order valence-corrected chi connectivity index (χ0v) is 12.8. The number of hydrogen-bond donors (Lipinski definition) is 0. The van der Waals surface area contributed by atoms with Crippen molar-refractivity contribution in [2.24, 2.45) is 0 Å². The topological polar surface area (TPSA) is 12.5 Å². The molecule has 0 saturated carbocycles. The van der Waals surface area contributed by atoms with E-state index >= 15 is 0 Å². The molecule has 0 saturated heterocycles. The van der Waals surface area contributed by atoms with E-state index in [1.54, 1.807) is 7.11 Å². The second-order valence-electron chi connectivity index (χ2n) is 4.32. The molecular weight excluding hydrogens is 269 g/mol. The van der Waals surface area contributed by atoms with Gasteiger partial charge >= 0.3 is 0 Å². The van der Waals surface area contributed by atoms with E-state index in [9.17, 15) is 0 Å². The van der Waals surface area contributed by atoms with Crippen molar-refractivity contribution in [1.29, 1.82) is 0 Å². The van der Waals surface area contributed by atoms with Crippen molar-refractivity contribution in [2.45, 2.75) is 32.2 Å². The van der Waals surface area contributed by atoms with Gasteiger partial charge in [-0.25, -0.2) is 0 Å². The first-order valence-corrected chi connectivity index (χ1v) is 7.15. The van der Waals surface area contributed by atoms with E-state index in [0.717, 1.165) is 29.2 Å². The number of anilines is 1. The molecule has 18 heavy (non-hydrogen) atoms. The summed E-state index contributed by atoms with van der Waals surface area (Å²) < 4.78 is 5.18. The maximum absolute atomic E-state index is 6.34. The van der Waals surface area contributed by atoms with Crippen LogP contribution in [0.25, 0.3) is 0 Å². The number of rotatable bonds is 7. The fourth-order valence-electron chi connectivity index (χ4n) is 1.95. The third-order valence-electron chi connectivity index (χ3n) is 3.16. The quantitative estimate of drug-likeness (QED) is 0.693. The Hall–Kier alpha value is -0.440. The van der Waals surface area contributed by atoms with E-state index in [2.05, 4.69) is 18.7 Å². The maximum Gasteiger partial charge on any atom is 0.0642 e. The first kappa shape index (κ1) is 15.6. The Balaban J connectivity index is 3.10. The number of hydrogen-bond acceptors (Lipinski definition) is 2. The lowest BCUT2D eigenvalue weighted by atomic mass is 10.1. The fraction of sp³-hybridized carbons (Fsp3) is 0.571. The van der Waals surface area contributed by atoms with Gasteiger partial charge in [0.1, 0.15) is 0 Å². The summed E-state index contributed by atoms with van der Waals surface area (Å²) in [7, 11) is 1.71. The van der Waals surface area contributed by atoms with Crippen molar-refractivity contribution < 1.29 is 4.74 Å². The average Bonchev–Trinajstić information content (AvgIpc) is 2.39. The number of halogens is 2. The maximum atomic E-state index is 6.34. The molecule has 1 atom stereocenters. The van der Waals surface area contributed by atoms with Crippen LogP contribution in [0.5, 0.6) is 0 Å². The van der Waals surface area contributed by atoms with E-state index in [-0.39, 0.29) is 0 Å². The Morgan fingerprint density at radius 1 is 1.39 bits per heavy atom. The lowest BCUT2D eigenvalue weighted by molar-refractivity contribution is 0.203. The highest BCUT2D eigenvalue weighted by molar-refractivity contribution is 6.33. The zero-order valence-electron chi connectivity index (χ0n) is 11.2. The standard InChI is InChI=1S/C14H21Cl2NO/c1-4-11(2)17(8-9-18-3)14-12(10-15)6-5-7-13(14)16/h5-7,11H,4,8-10H2,1-3H3. The van der Waals surface area contributed by atoms with Crippen LogP contribution in [-0.4, -0.2) is 26.3 Å². The van der Waals surface area contributed by atoms with Gasteiger partial charge in [0.15, 0.2) is 0 Å². The van der Waals surface area contributed by atoms with Crippen LogP contribution in [0.2, 0.25) is 5.02 Å². The summed E-state index contributed by atoms with van der Waals surface area (Å²) in [6.07, 6.45) is 1.05. The van der Waals surface area contributed by atoms with Gasteiger partial charge in [0.2, 0.25) is 0 Å². The molecule has 1 aromatic rings. The Kier molecular flexibility index (Phi) is 6.83. The van der Waals surface area contributed by atoms with Gasteiger partial charge in [0.25, 0.3) is 0 Å². The van der Waals surface area contributed by atoms with Crippen molar-refractivity contribution >= 4 is 28.9 Å². The number of methoxy groups -OCH3 is 1. The summed E-state index contributed by atoms with van der Waals surface area (Å²) >= 11 is 12.4. The van der Waals surface area contributed by atoms with Gasteiger partial charge in [-0.15, -0.1) is 11.6 Å². The largest absolute Gasteiger partial charge is 0.383 e. The molecule has 2 nitrogen and oxygen atoms in total. The molecule has 0 spiro atoms. The Morgan fingerprint density at radius 3 is 2.67 bits per heavy atom. The number of ether oxygens (including phenoxy) is 1. The van der Waals surface area contributed by atoms with Crippen LogP contribution in [0, 0.1) is 0 Å². The summed E-state index contributed by atoms with van der Waals surface area (Å²) in [6.45, 7) is 5.86. The minimum absolute atomic E-state index is 0.405. The van der Waals surface area contributed by atoms with Gasteiger partial charge in [-0.3, -0.25) is 0 Å². The fourth-order valence-corrected chi connectivity index (χ4v) is 2.47. The molecular formula is C14H21Cl2NO. The Morgan fingerprint density at radius 2 is 2.11 bits per heavy atom. The van der Waals surface area contributed by atoms with Gasteiger partial charge in [-0.2, -0.15) is 0 Å².